The first-order valence-electron chi connectivity index (χ1n) is 13.4. The highest BCUT2D eigenvalue weighted by molar-refractivity contribution is 5.63. The minimum atomic E-state index is -0.785. The van der Waals surface area contributed by atoms with Gasteiger partial charge in [0.2, 0.25) is 0 Å². The van der Waals surface area contributed by atoms with Crippen LogP contribution in [-0.4, -0.2) is 45.9 Å². The van der Waals surface area contributed by atoms with E-state index in [2.05, 4.69) is 45.6 Å². The molecule has 33 heavy (non-hydrogen) atoms. The van der Waals surface area contributed by atoms with Crippen LogP contribution >= 0.6 is 0 Å². The largest absolute Gasteiger partial charge is 0.504 e. The van der Waals surface area contributed by atoms with Gasteiger partial charge in [-0.3, -0.25) is 4.90 Å². The molecule has 0 amide bonds. The second-order valence-corrected chi connectivity index (χ2v) is 14.1. The fourth-order valence-electron chi connectivity index (χ4n) is 9.71. The summed E-state index contributed by atoms with van der Waals surface area (Å²) in [5.74, 6) is 2.15. The van der Waals surface area contributed by atoms with Gasteiger partial charge in [0.1, 0.15) is 6.10 Å². The molecular weight excluding hydrogens is 410 g/mol. The number of hydrogen-bond donors (Lipinski definition) is 2. The molecule has 0 aromatic heterocycles. The van der Waals surface area contributed by atoms with Crippen LogP contribution < -0.4 is 4.74 Å². The highest BCUT2D eigenvalue weighted by Crippen LogP contribution is 2.79. The zero-order chi connectivity index (χ0) is 23.2. The summed E-state index contributed by atoms with van der Waals surface area (Å²) >= 11 is 0. The maximum absolute atomic E-state index is 12.1. The molecule has 2 N–H and O–H groups in total. The Morgan fingerprint density at radius 1 is 1.12 bits per heavy atom. The van der Waals surface area contributed by atoms with E-state index in [0.717, 1.165) is 43.9 Å². The van der Waals surface area contributed by atoms with E-state index in [4.69, 9.17) is 4.74 Å². The van der Waals surface area contributed by atoms with Crippen molar-refractivity contribution in [3.05, 3.63) is 23.3 Å². The number of benzene rings is 1. The normalized spacial score (nSPS) is 44.8. The molecule has 2 aliphatic heterocycles. The lowest BCUT2D eigenvalue weighted by Crippen LogP contribution is -2.80. The molecule has 1 aromatic carbocycles. The molecule has 1 saturated heterocycles. The van der Waals surface area contributed by atoms with Gasteiger partial charge in [0.15, 0.2) is 11.5 Å². The first kappa shape index (κ1) is 21.1. The summed E-state index contributed by atoms with van der Waals surface area (Å²) in [5, 5.41) is 23.1. The number of likely N-dealkylation sites (tertiary alicyclic amines) is 1. The summed E-state index contributed by atoms with van der Waals surface area (Å²) in [6.45, 7) is 13.5. The topological polar surface area (TPSA) is 52.9 Å². The second kappa shape index (κ2) is 5.93. The number of piperidine rings is 1. The predicted octanol–water partition coefficient (Wildman–Crippen LogP) is 5.03. The molecule has 1 unspecified atom stereocenters. The quantitative estimate of drug-likeness (QED) is 0.676. The monoisotopic (exact) mass is 451 g/mol. The molecule has 7 aliphatic rings. The van der Waals surface area contributed by atoms with Gasteiger partial charge >= 0.3 is 0 Å². The van der Waals surface area contributed by atoms with Crippen molar-refractivity contribution < 1.29 is 14.9 Å². The van der Waals surface area contributed by atoms with Gasteiger partial charge in [0.05, 0.1) is 5.60 Å². The molecule has 2 spiro atoms. The van der Waals surface area contributed by atoms with E-state index < -0.39 is 5.60 Å². The third-order valence-corrected chi connectivity index (χ3v) is 12.0. The van der Waals surface area contributed by atoms with Crippen LogP contribution in [0.5, 0.6) is 11.5 Å². The van der Waals surface area contributed by atoms with E-state index in [1.807, 2.05) is 6.07 Å². The fourth-order valence-corrected chi connectivity index (χ4v) is 9.71. The Balaban J connectivity index is 1.46. The van der Waals surface area contributed by atoms with Crippen molar-refractivity contribution in [2.45, 2.75) is 103 Å². The van der Waals surface area contributed by atoms with Crippen LogP contribution in [0.25, 0.3) is 0 Å². The Bertz CT molecular complexity index is 1040. The first-order chi connectivity index (χ1) is 15.5. The molecule has 4 heteroatoms. The molecule has 8 rings (SSSR count). The smallest absolute Gasteiger partial charge is 0.165 e. The highest BCUT2D eigenvalue weighted by atomic mass is 16.5. The Hall–Kier alpha value is -1.26. The molecule has 4 saturated carbocycles. The number of phenols is 1. The van der Waals surface area contributed by atoms with Crippen LogP contribution in [0.2, 0.25) is 0 Å². The molecule has 4 nitrogen and oxygen atoms in total. The van der Waals surface area contributed by atoms with Crippen LogP contribution in [-0.2, 0) is 11.8 Å². The van der Waals surface area contributed by atoms with Crippen molar-refractivity contribution in [3.8, 4) is 11.5 Å². The first-order valence-corrected chi connectivity index (χ1v) is 13.4. The number of hydrogen-bond acceptors (Lipinski definition) is 4. The Kier molecular flexibility index (Phi) is 3.78. The molecule has 0 radical (unpaired) electrons. The molecule has 7 atom stereocenters. The Morgan fingerprint density at radius 2 is 1.88 bits per heavy atom. The summed E-state index contributed by atoms with van der Waals surface area (Å²) < 4.78 is 6.93. The maximum atomic E-state index is 12.1. The summed E-state index contributed by atoms with van der Waals surface area (Å²) in [5.41, 5.74) is 1.77. The Labute approximate surface area is 198 Å². The molecule has 2 heterocycles. The number of aromatic hydroxyl groups is 1. The molecule has 1 aromatic rings. The van der Waals surface area contributed by atoms with Crippen molar-refractivity contribution in [1.82, 2.24) is 4.90 Å². The molecule has 5 aliphatic carbocycles. The standard InChI is InChI=1S/C29H41NO3/c1-25(2,3)27(5,32)20-15-28-11-10-26(20,4)24-29(28)12-13-30(16-17-6-7-17)21(28)14-18-8-9-19(31)23(33-24)22(18)29/h8-9,17,20-21,24,31-32H,6-7,10-16H2,1-5H3/t20?,21-,24+,26+,27+,28-,29+/m1/s1. The highest BCUT2D eigenvalue weighted by Gasteiger charge is 2.80. The van der Waals surface area contributed by atoms with Gasteiger partial charge in [-0.25, -0.2) is 0 Å². The molecule has 4 bridgehead atoms. The lowest BCUT2D eigenvalue weighted by Gasteiger charge is -2.75. The van der Waals surface area contributed by atoms with Gasteiger partial charge in [-0.15, -0.1) is 0 Å². The molecule has 180 valence electrons. The van der Waals surface area contributed by atoms with Gasteiger partial charge in [-0.2, -0.15) is 0 Å². The van der Waals surface area contributed by atoms with Crippen LogP contribution in [0.3, 0.4) is 0 Å². The maximum Gasteiger partial charge on any atom is 0.165 e. The predicted molar refractivity (Wildman–Crippen MR) is 129 cm³/mol. The number of fused-ring (bicyclic) bond motifs is 2. The van der Waals surface area contributed by atoms with Gasteiger partial charge in [-0.1, -0.05) is 33.8 Å². The lowest BCUT2D eigenvalue weighted by molar-refractivity contribution is -0.276. The SMILES string of the molecule is CC(C)(C)[C@@](C)(O)C1C[C@@]23CC[C@]1(C)[C@@H]1Oc4c(O)ccc5c4[C@@]12CCN(CC1CC1)[C@@H]3C5. The summed E-state index contributed by atoms with van der Waals surface area (Å²) in [4.78, 5) is 2.85. The van der Waals surface area contributed by atoms with Crippen LogP contribution in [0.15, 0.2) is 12.1 Å². The van der Waals surface area contributed by atoms with Gasteiger partial charge < -0.3 is 14.9 Å². The minimum Gasteiger partial charge on any atom is -0.504 e. The van der Waals surface area contributed by atoms with E-state index in [-0.39, 0.29) is 33.7 Å². The Morgan fingerprint density at radius 3 is 2.58 bits per heavy atom. The zero-order valence-corrected chi connectivity index (χ0v) is 21.1. The number of aliphatic hydroxyl groups is 1. The molecular formula is C29H41NO3. The van der Waals surface area contributed by atoms with Crippen LogP contribution in [0.1, 0.15) is 84.3 Å². The molecule has 5 fully saturated rings. The van der Waals surface area contributed by atoms with Gasteiger partial charge in [0, 0.05) is 34.4 Å². The van der Waals surface area contributed by atoms with Crippen molar-refractivity contribution in [2.24, 2.45) is 28.1 Å². The third kappa shape index (κ3) is 2.23. The number of nitrogens with zero attached hydrogens (tertiary/aromatic N) is 1. The summed E-state index contributed by atoms with van der Waals surface area (Å²) in [7, 11) is 0. The number of ether oxygens (including phenoxy) is 1. The number of rotatable bonds is 3. The van der Waals surface area contributed by atoms with Crippen molar-refractivity contribution in [1.29, 1.82) is 0 Å². The lowest BCUT2D eigenvalue weighted by atomic mass is 9.31. The fraction of sp³-hybridized carbons (Fsp3) is 0.793. The van der Waals surface area contributed by atoms with E-state index in [1.54, 1.807) is 0 Å². The average molecular weight is 452 g/mol. The van der Waals surface area contributed by atoms with Crippen LogP contribution in [0.4, 0.5) is 0 Å². The average Bonchev–Trinajstić information content (AvgIpc) is 3.48. The number of phenolic OH excluding ortho intramolecular Hbond substituents is 1. The van der Waals surface area contributed by atoms with E-state index >= 15 is 0 Å². The van der Waals surface area contributed by atoms with Crippen molar-refractivity contribution in [3.63, 3.8) is 0 Å². The van der Waals surface area contributed by atoms with E-state index in [1.165, 1.54) is 36.9 Å². The van der Waals surface area contributed by atoms with E-state index in [0.29, 0.717) is 11.8 Å². The second-order valence-electron chi connectivity index (χ2n) is 14.1. The van der Waals surface area contributed by atoms with Crippen molar-refractivity contribution >= 4 is 0 Å². The van der Waals surface area contributed by atoms with Gasteiger partial charge in [0.25, 0.3) is 0 Å². The zero-order valence-electron chi connectivity index (χ0n) is 21.1. The van der Waals surface area contributed by atoms with E-state index in [9.17, 15) is 10.2 Å². The van der Waals surface area contributed by atoms with Crippen molar-refractivity contribution in [2.75, 3.05) is 13.1 Å². The van der Waals surface area contributed by atoms with Gasteiger partial charge in [-0.05, 0) is 87.3 Å². The van der Waals surface area contributed by atoms with Crippen LogP contribution in [0, 0.1) is 28.1 Å². The third-order valence-electron chi connectivity index (χ3n) is 12.0. The minimum absolute atomic E-state index is 0.0170. The summed E-state index contributed by atoms with van der Waals surface area (Å²) in [6, 6.07) is 4.58. The summed E-state index contributed by atoms with van der Waals surface area (Å²) in [6.07, 6.45) is 8.42.